The van der Waals surface area contributed by atoms with Crippen LogP contribution in [0.1, 0.15) is 51.0 Å². The van der Waals surface area contributed by atoms with Crippen molar-refractivity contribution in [2.75, 3.05) is 27.4 Å². The summed E-state index contributed by atoms with van der Waals surface area (Å²) >= 11 is 0. The minimum atomic E-state index is -0.0995. The van der Waals surface area contributed by atoms with Gasteiger partial charge in [-0.3, -0.25) is 0 Å². The van der Waals surface area contributed by atoms with Crippen molar-refractivity contribution in [2.24, 2.45) is 10.7 Å². The Hall–Kier alpha value is -1.95. The van der Waals surface area contributed by atoms with Crippen LogP contribution in [0.5, 0.6) is 11.5 Å². The molecule has 26 heavy (non-hydrogen) atoms. The molecule has 3 N–H and O–H groups in total. The third kappa shape index (κ3) is 5.80. The van der Waals surface area contributed by atoms with Crippen LogP contribution >= 0.6 is 0 Å². The molecule has 1 saturated carbocycles. The third-order valence-electron chi connectivity index (χ3n) is 4.85. The van der Waals surface area contributed by atoms with Crippen LogP contribution in [0.15, 0.2) is 23.2 Å². The van der Waals surface area contributed by atoms with Crippen LogP contribution in [-0.2, 0) is 11.3 Å². The number of guanidine groups is 1. The predicted molar refractivity (Wildman–Crippen MR) is 105 cm³/mol. The fraction of sp³-hybridized carbons (Fsp3) is 0.650. The largest absolute Gasteiger partial charge is 0.493 e. The maximum absolute atomic E-state index is 6.19. The SMILES string of the molecule is CCCOC1(CNC(N)=NCc2ccc(OC)c(OC)c2)CCCCC1. The number of benzene rings is 1. The molecular weight excluding hydrogens is 330 g/mol. The molecule has 6 nitrogen and oxygen atoms in total. The minimum absolute atomic E-state index is 0.0995. The standard InChI is InChI=1S/C20H33N3O3/c1-4-12-26-20(10-6-5-7-11-20)15-23-19(21)22-14-16-8-9-17(24-2)18(13-16)25-3/h8-9,13H,4-7,10-12,14-15H2,1-3H3,(H3,21,22,23). The molecule has 0 saturated heterocycles. The van der Waals surface area contributed by atoms with Gasteiger partial charge < -0.3 is 25.3 Å². The highest BCUT2D eigenvalue weighted by Crippen LogP contribution is 2.31. The van der Waals surface area contributed by atoms with E-state index >= 15 is 0 Å². The van der Waals surface area contributed by atoms with Crippen molar-refractivity contribution in [1.29, 1.82) is 0 Å². The number of aliphatic imine (C=N–C) groups is 1. The molecule has 6 heteroatoms. The lowest BCUT2D eigenvalue weighted by molar-refractivity contribution is -0.0656. The number of hydrogen-bond donors (Lipinski definition) is 2. The molecule has 0 spiro atoms. The summed E-state index contributed by atoms with van der Waals surface area (Å²) in [5.74, 6) is 1.85. The maximum Gasteiger partial charge on any atom is 0.189 e. The summed E-state index contributed by atoms with van der Waals surface area (Å²) in [5, 5.41) is 3.27. The number of nitrogens with one attached hydrogen (secondary N) is 1. The number of rotatable bonds is 9. The van der Waals surface area contributed by atoms with Crippen LogP contribution in [0.3, 0.4) is 0 Å². The minimum Gasteiger partial charge on any atom is -0.493 e. The van der Waals surface area contributed by atoms with E-state index < -0.39 is 0 Å². The summed E-state index contributed by atoms with van der Waals surface area (Å²) in [7, 11) is 3.25. The van der Waals surface area contributed by atoms with Crippen LogP contribution in [-0.4, -0.2) is 38.9 Å². The van der Waals surface area contributed by atoms with Gasteiger partial charge in [-0.05, 0) is 37.0 Å². The number of nitrogens with two attached hydrogens (primary N) is 1. The number of ether oxygens (including phenoxy) is 3. The van der Waals surface area contributed by atoms with Gasteiger partial charge in [-0.1, -0.05) is 32.3 Å². The third-order valence-corrected chi connectivity index (χ3v) is 4.85. The molecule has 1 aliphatic carbocycles. The zero-order valence-corrected chi connectivity index (χ0v) is 16.3. The normalized spacial score (nSPS) is 17.0. The van der Waals surface area contributed by atoms with Crippen molar-refractivity contribution in [3.8, 4) is 11.5 Å². The van der Waals surface area contributed by atoms with Crippen LogP contribution in [0.4, 0.5) is 0 Å². The number of methoxy groups -OCH3 is 2. The van der Waals surface area contributed by atoms with Gasteiger partial charge in [-0.25, -0.2) is 4.99 Å². The lowest BCUT2D eigenvalue weighted by Crippen LogP contribution is -2.48. The van der Waals surface area contributed by atoms with Gasteiger partial charge in [0, 0.05) is 13.2 Å². The van der Waals surface area contributed by atoms with Gasteiger partial charge in [0.2, 0.25) is 0 Å². The Morgan fingerprint density at radius 3 is 2.54 bits per heavy atom. The van der Waals surface area contributed by atoms with Gasteiger partial charge in [0.25, 0.3) is 0 Å². The van der Waals surface area contributed by atoms with Crippen molar-refractivity contribution in [2.45, 2.75) is 57.6 Å². The second-order valence-electron chi connectivity index (χ2n) is 6.84. The van der Waals surface area contributed by atoms with Gasteiger partial charge in [-0.2, -0.15) is 0 Å². The van der Waals surface area contributed by atoms with Crippen molar-refractivity contribution in [1.82, 2.24) is 5.32 Å². The zero-order chi connectivity index (χ0) is 18.8. The Labute approximate surface area is 157 Å². The Kier molecular flexibility index (Phi) is 8.04. The first-order valence-electron chi connectivity index (χ1n) is 9.51. The Balaban J connectivity index is 1.92. The highest BCUT2D eigenvalue weighted by atomic mass is 16.5. The van der Waals surface area contributed by atoms with E-state index in [1.165, 1.54) is 19.3 Å². The molecule has 1 aromatic carbocycles. The van der Waals surface area contributed by atoms with E-state index in [4.69, 9.17) is 19.9 Å². The Morgan fingerprint density at radius 2 is 1.88 bits per heavy atom. The highest BCUT2D eigenvalue weighted by Gasteiger charge is 2.32. The fourth-order valence-electron chi connectivity index (χ4n) is 3.35. The molecule has 0 aliphatic heterocycles. The summed E-state index contributed by atoms with van der Waals surface area (Å²) < 4.78 is 16.8. The quantitative estimate of drug-likeness (QED) is 0.520. The molecule has 0 aromatic heterocycles. The molecule has 1 aliphatic rings. The first kappa shape index (κ1) is 20.4. The summed E-state index contributed by atoms with van der Waals surface area (Å²) in [4.78, 5) is 4.45. The average Bonchev–Trinajstić information content (AvgIpc) is 2.69. The van der Waals surface area contributed by atoms with E-state index in [1.54, 1.807) is 14.2 Å². The Bertz CT molecular complexity index is 584. The van der Waals surface area contributed by atoms with Crippen molar-refractivity contribution >= 4 is 5.96 Å². The molecule has 146 valence electrons. The molecule has 0 radical (unpaired) electrons. The zero-order valence-electron chi connectivity index (χ0n) is 16.3. The summed E-state index contributed by atoms with van der Waals surface area (Å²) in [6, 6.07) is 5.76. The van der Waals surface area contributed by atoms with Gasteiger partial charge >= 0.3 is 0 Å². The van der Waals surface area contributed by atoms with Crippen molar-refractivity contribution in [3.05, 3.63) is 23.8 Å². The van der Waals surface area contributed by atoms with Crippen LogP contribution < -0.4 is 20.5 Å². The van der Waals surface area contributed by atoms with E-state index in [9.17, 15) is 0 Å². The first-order valence-corrected chi connectivity index (χ1v) is 9.51. The molecular formula is C20H33N3O3. The molecule has 0 unspecified atom stereocenters. The van der Waals surface area contributed by atoms with Gasteiger partial charge in [0.05, 0.1) is 26.4 Å². The molecule has 1 aromatic rings. The first-order chi connectivity index (χ1) is 12.6. The van der Waals surface area contributed by atoms with E-state index in [0.717, 1.165) is 31.4 Å². The summed E-state index contributed by atoms with van der Waals surface area (Å²) in [5.41, 5.74) is 7.00. The topological polar surface area (TPSA) is 78.1 Å². The highest BCUT2D eigenvalue weighted by molar-refractivity contribution is 5.77. The van der Waals surface area contributed by atoms with Gasteiger partial charge in [0.15, 0.2) is 17.5 Å². The molecule has 2 rings (SSSR count). The molecule has 0 bridgehead atoms. The van der Waals surface area contributed by atoms with Gasteiger partial charge in [-0.15, -0.1) is 0 Å². The monoisotopic (exact) mass is 363 g/mol. The molecule has 0 atom stereocenters. The smallest absolute Gasteiger partial charge is 0.189 e. The lowest BCUT2D eigenvalue weighted by atomic mass is 9.84. The summed E-state index contributed by atoms with van der Waals surface area (Å²) in [6.45, 7) is 4.14. The van der Waals surface area contributed by atoms with E-state index in [2.05, 4.69) is 17.2 Å². The van der Waals surface area contributed by atoms with E-state index in [0.29, 0.717) is 30.5 Å². The molecule has 1 fully saturated rings. The lowest BCUT2D eigenvalue weighted by Gasteiger charge is -2.37. The average molecular weight is 364 g/mol. The van der Waals surface area contributed by atoms with E-state index in [-0.39, 0.29) is 5.60 Å². The summed E-state index contributed by atoms with van der Waals surface area (Å²) in [6.07, 6.45) is 6.93. The van der Waals surface area contributed by atoms with Crippen molar-refractivity contribution in [3.63, 3.8) is 0 Å². The van der Waals surface area contributed by atoms with Crippen LogP contribution in [0, 0.1) is 0 Å². The van der Waals surface area contributed by atoms with Crippen LogP contribution in [0.25, 0.3) is 0 Å². The second-order valence-corrected chi connectivity index (χ2v) is 6.84. The number of hydrogen-bond acceptors (Lipinski definition) is 4. The molecule has 0 heterocycles. The fourth-order valence-corrected chi connectivity index (χ4v) is 3.35. The van der Waals surface area contributed by atoms with Crippen LogP contribution in [0.2, 0.25) is 0 Å². The van der Waals surface area contributed by atoms with Gasteiger partial charge in [0.1, 0.15) is 0 Å². The van der Waals surface area contributed by atoms with Crippen molar-refractivity contribution < 1.29 is 14.2 Å². The molecule has 0 amide bonds. The Morgan fingerprint density at radius 1 is 1.15 bits per heavy atom. The number of nitrogens with zero attached hydrogens (tertiary/aromatic N) is 1. The van der Waals surface area contributed by atoms with E-state index in [1.807, 2.05) is 18.2 Å². The maximum atomic E-state index is 6.19. The second kappa shape index (κ2) is 10.3. The predicted octanol–water partition coefficient (Wildman–Crippen LogP) is 3.24.